The van der Waals surface area contributed by atoms with E-state index in [1.165, 1.54) is 6.42 Å². The van der Waals surface area contributed by atoms with Crippen molar-refractivity contribution in [2.45, 2.75) is 19.8 Å². The Bertz CT molecular complexity index is 46.1. The first-order valence-corrected chi connectivity index (χ1v) is 2.83. The van der Waals surface area contributed by atoms with E-state index in [4.69, 9.17) is 4.74 Å². The minimum absolute atomic E-state index is 0.855. The van der Waals surface area contributed by atoms with Gasteiger partial charge >= 0.3 is 0 Å². The fraction of sp³-hybridized carbons (Fsp3) is 0.833. The van der Waals surface area contributed by atoms with E-state index >= 15 is 0 Å². The highest BCUT2D eigenvalue weighted by Gasteiger charge is 2.06. The van der Waals surface area contributed by atoms with E-state index in [1.807, 2.05) is 6.61 Å². The van der Waals surface area contributed by atoms with E-state index in [1.54, 1.807) is 0 Å². The van der Waals surface area contributed by atoms with Crippen molar-refractivity contribution in [3.05, 3.63) is 6.61 Å². The van der Waals surface area contributed by atoms with Crippen LogP contribution in [0.5, 0.6) is 0 Å². The third-order valence-corrected chi connectivity index (χ3v) is 1.34. The Morgan fingerprint density at radius 2 is 2.57 bits per heavy atom. The van der Waals surface area contributed by atoms with Gasteiger partial charge in [0.1, 0.15) is 0 Å². The molecular weight excluding hydrogens is 88.1 g/mol. The first kappa shape index (κ1) is 5.10. The average molecular weight is 99.2 g/mol. The van der Waals surface area contributed by atoms with Gasteiger partial charge in [-0.1, -0.05) is 6.92 Å². The van der Waals surface area contributed by atoms with E-state index in [2.05, 4.69) is 6.92 Å². The van der Waals surface area contributed by atoms with Gasteiger partial charge in [0.25, 0.3) is 0 Å². The van der Waals surface area contributed by atoms with Crippen molar-refractivity contribution in [2.24, 2.45) is 5.92 Å². The van der Waals surface area contributed by atoms with Crippen LogP contribution in [0.1, 0.15) is 19.8 Å². The van der Waals surface area contributed by atoms with Crippen LogP contribution in [0.2, 0.25) is 0 Å². The molecule has 0 saturated carbocycles. The lowest BCUT2D eigenvalue weighted by atomic mass is 10.0. The molecule has 0 amide bonds. The van der Waals surface area contributed by atoms with Gasteiger partial charge in [0.05, 0.1) is 6.61 Å². The number of ether oxygens (including phenoxy) is 1. The molecule has 1 fully saturated rings. The van der Waals surface area contributed by atoms with E-state index in [-0.39, 0.29) is 0 Å². The summed E-state index contributed by atoms with van der Waals surface area (Å²) in [6, 6.07) is 0. The summed E-state index contributed by atoms with van der Waals surface area (Å²) < 4.78 is 5.01. The largest absolute Gasteiger partial charge is 0.376 e. The minimum atomic E-state index is 0.855. The van der Waals surface area contributed by atoms with Crippen molar-refractivity contribution < 1.29 is 4.74 Å². The van der Waals surface area contributed by atoms with Gasteiger partial charge in [-0.2, -0.15) is 0 Å². The summed E-state index contributed by atoms with van der Waals surface area (Å²) in [6.07, 6.45) is 2.37. The second kappa shape index (κ2) is 2.31. The Hall–Kier alpha value is -0.0400. The third kappa shape index (κ3) is 1.48. The lowest BCUT2D eigenvalue weighted by Crippen LogP contribution is -2.08. The number of hydrogen-bond donors (Lipinski definition) is 0. The van der Waals surface area contributed by atoms with Crippen LogP contribution in [0.4, 0.5) is 0 Å². The Balaban J connectivity index is 2.12. The SMILES string of the molecule is CC1C[CH]OCC1. The van der Waals surface area contributed by atoms with Crippen molar-refractivity contribution in [3.63, 3.8) is 0 Å². The average Bonchev–Trinajstić information content (AvgIpc) is 1.69. The molecule has 0 aliphatic carbocycles. The maximum absolute atomic E-state index is 5.01. The van der Waals surface area contributed by atoms with Gasteiger partial charge in [-0.15, -0.1) is 0 Å². The zero-order chi connectivity index (χ0) is 5.11. The summed E-state index contributed by atoms with van der Waals surface area (Å²) in [6.45, 7) is 5.09. The van der Waals surface area contributed by atoms with Crippen LogP contribution in [0, 0.1) is 12.5 Å². The standard InChI is InChI=1S/C6H11O/c1-6-2-4-7-5-3-6/h4,6H,2-3,5H2,1H3. The van der Waals surface area contributed by atoms with Crippen molar-refractivity contribution in [1.82, 2.24) is 0 Å². The summed E-state index contributed by atoms with van der Waals surface area (Å²) in [5.74, 6) is 0.855. The molecule has 1 heterocycles. The summed E-state index contributed by atoms with van der Waals surface area (Å²) in [7, 11) is 0. The van der Waals surface area contributed by atoms with Crippen LogP contribution >= 0.6 is 0 Å². The van der Waals surface area contributed by atoms with Gasteiger partial charge in [0.15, 0.2) is 0 Å². The molecule has 1 atom stereocenters. The molecule has 1 rings (SSSR count). The maximum atomic E-state index is 5.01. The number of rotatable bonds is 0. The highest BCUT2D eigenvalue weighted by molar-refractivity contribution is 4.64. The Morgan fingerprint density at radius 1 is 1.71 bits per heavy atom. The maximum Gasteiger partial charge on any atom is 0.0839 e. The van der Waals surface area contributed by atoms with Gasteiger partial charge in [0.2, 0.25) is 0 Å². The quantitative estimate of drug-likeness (QED) is 0.448. The molecule has 0 spiro atoms. The number of hydrogen-bond acceptors (Lipinski definition) is 1. The fourth-order valence-corrected chi connectivity index (χ4v) is 0.703. The highest BCUT2D eigenvalue weighted by Crippen LogP contribution is 2.14. The third-order valence-electron chi connectivity index (χ3n) is 1.34. The van der Waals surface area contributed by atoms with Gasteiger partial charge in [-0.25, -0.2) is 0 Å². The molecule has 1 aliphatic heterocycles. The molecule has 0 aromatic heterocycles. The molecule has 1 aliphatic rings. The van der Waals surface area contributed by atoms with Crippen LogP contribution in [-0.2, 0) is 4.74 Å². The van der Waals surface area contributed by atoms with Gasteiger partial charge < -0.3 is 4.74 Å². The fourth-order valence-electron chi connectivity index (χ4n) is 0.703. The molecule has 0 aromatic carbocycles. The van der Waals surface area contributed by atoms with Gasteiger partial charge in [0, 0.05) is 6.61 Å². The second-order valence-electron chi connectivity index (χ2n) is 2.17. The molecule has 0 N–H and O–H groups in total. The van der Waals surface area contributed by atoms with Crippen LogP contribution < -0.4 is 0 Å². The predicted octanol–water partition coefficient (Wildman–Crippen LogP) is 1.59. The first-order valence-electron chi connectivity index (χ1n) is 2.83. The summed E-state index contributed by atoms with van der Waals surface area (Å²) in [4.78, 5) is 0. The van der Waals surface area contributed by atoms with E-state index in [0.717, 1.165) is 18.9 Å². The van der Waals surface area contributed by atoms with E-state index in [0.29, 0.717) is 0 Å². The summed E-state index contributed by atoms with van der Waals surface area (Å²) >= 11 is 0. The van der Waals surface area contributed by atoms with Crippen molar-refractivity contribution in [1.29, 1.82) is 0 Å². The van der Waals surface area contributed by atoms with Crippen LogP contribution in [0.15, 0.2) is 0 Å². The molecule has 0 bridgehead atoms. The summed E-state index contributed by atoms with van der Waals surface area (Å²) in [5.41, 5.74) is 0. The molecule has 0 aromatic rings. The van der Waals surface area contributed by atoms with Crippen LogP contribution in [0.25, 0.3) is 0 Å². The lowest BCUT2D eigenvalue weighted by Gasteiger charge is -2.15. The molecule has 41 valence electrons. The van der Waals surface area contributed by atoms with Crippen molar-refractivity contribution in [3.8, 4) is 0 Å². The van der Waals surface area contributed by atoms with Crippen LogP contribution in [0.3, 0.4) is 0 Å². The van der Waals surface area contributed by atoms with E-state index < -0.39 is 0 Å². The predicted molar refractivity (Wildman–Crippen MR) is 28.6 cm³/mol. The highest BCUT2D eigenvalue weighted by atomic mass is 16.5. The van der Waals surface area contributed by atoms with Crippen molar-refractivity contribution in [2.75, 3.05) is 6.61 Å². The van der Waals surface area contributed by atoms with Gasteiger partial charge in [-0.3, -0.25) is 0 Å². The van der Waals surface area contributed by atoms with Gasteiger partial charge in [-0.05, 0) is 18.8 Å². The van der Waals surface area contributed by atoms with Crippen molar-refractivity contribution >= 4 is 0 Å². The molecule has 7 heavy (non-hydrogen) atoms. The molecule has 1 unspecified atom stereocenters. The molecule has 1 heteroatoms. The Labute approximate surface area is 44.7 Å². The molecule has 1 radical (unpaired) electrons. The normalized spacial score (nSPS) is 25.3. The monoisotopic (exact) mass is 99.1 g/mol. The second-order valence-corrected chi connectivity index (χ2v) is 2.17. The summed E-state index contributed by atoms with van der Waals surface area (Å²) in [5, 5.41) is 0. The molecule has 1 saturated heterocycles. The lowest BCUT2D eigenvalue weighted by molar-refractivity contribution is 0.128. The van der Waals surface area contributed by atoms with Crippen LogP contribution in [-0.4, -0.2) is 6.61 Å². The zero-order valence-corrected chi connectivity index (χ0v) is 4.68. The Morgan fingerprint density at radius 3 is 2.86 bits per heavy atom. The van der Waals surface area contributed by atoms with E-state index in [9.17, 15) is 0 Å². The smallest absolute Gasteiger partial charge is 0.0839 e. The molecular formula is C6H11O. The first-order chi connectivity index (χ1) is 3.39. The Kier molecular flexibility index (Phi) is 1.69. The minimum Gasteiger partial charge on any atom is -0.376 e. The zero-order valence-electron chi connectivity index (χ0n) is 4.68. The topological polar surface area (TPSA) is 9.23 Å². The molecule has 1 nitrogen and oxygen atoms in total.